The number of ether oxygens (including phenoxy) is 1. The Balaban J connectivity index is 2.00. The molecule has 0 fully saturated rings. The van der Waals surface area contributed by atoms with Crippen molar-refractivity contribution in [3.8, 4) is 5.75 Å². The molecule has 0 atom stereocenters. The molecule has 138 valence electrons. The molecule has 0 unspecified atom stereocenters. The second-order valence-electron chi connectivity index (χ2n) is 6.08. The van der Waals surface area contributed by atoms with E-state index in [2.05, 4.69) is 5.32 Å². The van der Waals surface area contributed by atoms with Crippen LogP contribution in [0.4, 0.5) is 17.1 Å². The van der Waals surface area contributed by atoms with Gasteiger partial charge >= 0.3 is 0 Å². The molecule has 0 saturated heterocycles. The number of benzene rings is 2. The molecule has 2 aromatic carbocycles. The number of amides is 2. The van der Waals surface area contributed by atoms with Gasteiger partial charge in [-0.15, -0.1) is 0 Å². The van der Waals surface area contributed by atoms with Gasteiger partial charge in [-0.05, 0) is 36.4 Å². The molecule has 0 radical (unpaired) electrons. The lowest BCUT2D eigenvalue weighted by atomic mass is 10.2. The fourth-order valence-electron chi connectivity index (χ4n) is 2.58. The Morgan fingerprint density at radius 3 is 2.27 bits per heavy atom. The Labute approximate surface area is 154 Å². The molecule has 0 aliphatic heterocycles. The Bertz CT molecular complexity index is 757. The zero-order valence-electron chi connectivity index (χ0n) is 15.7. The van der Waals surface area contributed by atoms with Crippen LogP contribution >= 0.6 is 0 Å². The predicted octanol–water partition coefficient (Wildman–Crippen LogP) is 3.14. The lowest BCUT2D eigenvalue weighted by Crippen LogP contribution is -2.32. The van der Waals surface area contributed by atoms with Crippen LogP contribution in [0, 0.1) is 0 Å². The van der Waals surface area contributed by atoms with E-state index < -0.39 is 0 Å². The van der Waals surface area contributed by atoms with Crippen molar-refractivity contribution >= 4 is 28.9 Å². The Morgan fingerprint density at radius 1 is 1.04 bits per heavy atom. The minimum Gasteiger partial charge on any atom is -0.495 e. The largest absolute Gasteiger partial charge is 0.495 e. The number of hydrogen-bond acceptors (Lipinski definition) is 4. The van der Waals surface area contributed by atoms with Crippen LogP contribution in [0.2, 0.25) is 0 Å². The first-order valence-electron chi connectivity index (χ1n) is 8.40. The number of carbonyl (C=O) groups excluding carboxylic acids is 2. The summed E-state index contributed by atoms with van der Waals surface area (Å²) in [5.41, 5.74) is 2.44. The molecule has 0 aliphatic rings. The van der Waals surface area contributed by atoms with Crippen LogP contribution in [-0.2, 0) is 9.59 Å². The maximum Gasteiger partial charge on any atom is 0.226 e. The monoisotopic (exact) mass is 355 g/mol. The van der Waals surface area contributed by atoms with Crippen LogP contribution in [0.25, 0.3) is 0 Å². The summed E-state index contributed by atoms with van der Waals surface area (Å²) in [5, 5.41) is 2.86. The second-order valence-corrected chi connectivity index (χ2v) is 6.08. The SMILES string of the molecule is COc1ccccc1N(CCC(=O)Nc1ccc(N(C)C)cc1)C(C)=O. The van der Waals surface area contributed by atoms with Gasteiger partial charge in [0, 0.05) is 45.4 Å². The molecule has 2 rings (SSSR count). The van der Waals surface area contributed by atoms with Crippen molar-refractivity contribution in [2.24, 2.45) is 0 Å². The molecule has 26 heavy (non-hydrogen) atoms. The average Bonchev–Trinajstić information content (AvgIpc) is 2.62. The third kappa shape index (κ3) is 4.99. The number of rotatable bonds is 7. The number of methoxy groups -OCH3 is 1. The van der Waals surface area contributed by atoms with Crippen molar-refractivity contribution in [2.45, 2.75) is 13.3 Å². The molecule has 0 bridgehead atoms. The first kappa shape index (κ1) is 19.3. The van der Waals surface area contributed by atoms with Gasteiger partial charge in [0.1, 0.15) is 5.75 Å². The number of nitrogens with zero attached hydrogens (tertiary/aromatic N) is 2. The standard InChI is InChI=1S/C20H25N3O3/c1-15(24)23(18-7-5-6-8-19(18)26-4)14-13-20(25)21-16-9-11-17(12-10-16)22(2)3/h5-12H,13-14H2,1-4H3,(H,21,25). The Kier molecular flexibility index (Phi) is 6.60. The van der Waals surface area contributed by atoms with Crippen molar-refractivity contribution in [3.63, 3.8) is 0 Å². The highest BCUT2D eigenvalue weighted by Gasteiger charge is 2.17. The number of hydrogen-bond donors (Lipinski definition) is 1. The lowest BCUT2D eigenvalue weighted by Gasteiger charge is -2.23. The summed E-state index contributed by atoms with van der Waals surface area (Å²) in [6.45, 7) is 1.75. The van der Waals surface area contributed by atoms with Gasteiger partial charge in [-0.25, -0.2) is 0 Å². The zero-order valence-corrected chi connectivity index (χ0v) is 15.7. The third-order valence-electron chi connectivity index (χ3n) is 3.99. The predicted molar refractivity (Wildman–Crippen MR) is 105 cm³/mol. The van der Waals surface area contributed by atoms with Crippen molar-refractivity contribution in [2.75, 3.05) is 42.9 Å². The van der Waals surface area contributed by atoms with Gasteiger partial charge in [0.15, 0.2) is 0 Å². The number of para-hydroxylation sites is 2. The molecule has 0 heterocycles. The summed E-state index contributed by atoms with van der Waals surface area (Å²) in [6.07, 6.45) is 0.188. The summed E-state index contributed by atoms with van der Waals surface area (Å²) < 4.78 is 5.31. The molecule has 0 saturated carbocycles. The molecular formula is C20H25N3O3. The highest BCUT2D eigenvalue weighted by Crippen LogP contribution is 2.28. The van der Waals surface area contributed by atoms with Gasteiger partial charge in [-0.1, -0.05) is 12.1 Å². The molecule has 6 nitrogen and oxygen atoms in total. The minimum atomic E-state index is -0.149. The lowest BCUT2D eigenvalue weighted by molar-refractivity contribution is -0.117. The fraction of sp³-hybridized carbons (Fsp3) is 0.300. The van der Waals surface area contributed by atoms with Gasteiger partial charge in [0.2, 0.25) is 11.8 Å². The Morgan fingerprint density at radius 2 is 1.69 bits per heavy atom. The molecule has 0 aliphatic carbocycles. The van der Waals surface area contributed by atoms with Crippen molar-refractivity contribution in [1.29, 1.82) is 0 Å². The van der Waals surface area contributed by atoms with Crippen molar-refractivity contribution < 1.29 is 14.3 Å². The molecule has 1 N–H and O–H groups in total. The summed E-state index contributed by atoms with van der Waals surface area (Å²) >= 11 is 0. The van der Waals surface area contributed by atoms with E-state index in [0.29, 0.717) is 11.4 Å². The van der Waals surface area contributed by atoms with Crippen LogP contribution < -0.4 is 19.9 Å². The zero-order chi connectivity index (χ0) is 19.1. The van der Waals surface area contributed by atoms with Crippen molar-refractivity contribution in [1.82, 2.24) is 0 Å². The van der Waals surface area contributed by atoms with Gasteiger partial charge < -0.3 is 19.9 Å². The molecular weight excluding hydrogens is 330 g/mol. The quantitative estimate of drug-likeness (QED) is 0.829. The van der Waals surface area contributed by atoms with Crippen LogP contribution in [0.3, 0.4) is 0 Å². The van der Waals surface area contributed by atoms with Crippen LogP contribution in [0.5, 0.6) is 5.75 Å². The summed E-state index contributed by atoms with van der Waals surface area (Å²) in [6, 6.07) is 14.9. The molecule has 0 aromatic heterocycles. The molecule has 2 amide bonds. The maximum absolute atomic E-state index is 12.3. The summed E-state index contributed by atoms with van der Waals surface area (Å²) in [5.74, 6) is 0.309. The van der Waals surface area contributed by atoms with E-state index in [9.17, 15) is 9.59 Å². The van der Waals surface area contributed by atoms with E-state index >= 15 is 0 Å². The van der Waals surface area contributed by atoms with Crippen molar-refractivity contribution in [3.05, 3.63) is 48.5 Å². The maximum atomic E-state index is 12.3. The number of nitrogens with one attached hydrogen (secondary N) is 1. The van der Waals surface area contributed by atoms with E-state index in [4.69, 9.17) is 4.74 Å². The molecule has 2 aromatic rings. The smallest absolute Gasteiger partial charge is 0.226 e. The van der Waals surface area contributed by atoms with Gasteiger partial charge in [-0.2, -0.15) is 0 Å². The van der Waals surface area contributed by atoms with Gasteiger partial charge in [-0.3, -0.25) is 9.59 Å². The highest BCUT2D eigenvalue weighted by atomic mass is 16.5. The third-order valence-corrected chi connectivity index (χ3v) is 3.99. The highest BCUT2D eigenvalue weighted by molar-refractivity contribution is 5.95. The van der Waals surface area contributed by atoms with Crippen LogP contribution in [-0.4, -0.2) is 39.6 Å². The van der Waals surface area contributed by atoms with Gasteiger partial charge in [0.05, 0.1) is 12.8 Å². The van der Waals surface area contributed by atoms with E-state index in [1.165, 1.54) is 6.92 Å². The van der Waals surface area contributed by atoms with E-state index in [-0.39, 0.29) is 24.8 Å². The number of carbonyl (C=O) groups is 2. The van der Waals surface area contributed by atoms with E-state index in [0.717, 1.165) is 11.4 Å². The second kappa shape index (κ2) is 8.89. The summed E-state index contributed by atoms with van der Waals surface area (Å²) in [7, 11) is 5.48. The first-order chi connectivity index (χ1) is 12.4. The van der Waals surface area contributed by atoms with E-state index in [1.807, 2.05) is 55.4 Å². The number of anilines is 3. The first-order valence-corrected chi connectivity index (χ1v) is 8.40. The topological polar surface area (TPSA) is 61.9 Å². The van der Waals surface area contributed by atoms with E-state index in [1.54, 1.807) is 24.1 Å². The van der Waals surface area contributed by atoms with Gasteiger partial charge in [0.25, 0.3) is 0 Å². The average molecular weight is 355 g/mol. The Hall–Kier alpha value is -3.02. The normalized spacial score (nSPS) is 10.2. The van der Waals surface area contributed by atoms with Crippen LogP contribution in [0.1, 0.15) is 13.3 Å². The molecule has 0 spiro atoms. The van der Waals surface area contributed by atoms with Crippen LogP contribution in [0.15, 0.2) is 48.5 Å². The molecule has 6 heteroatoms. The summed E-state index contributed by atoms with van der Waals surface area (Å²) in [4.78, 5) is 27.8. The minimum absolute atomic E-state index is 0.141. The fourth-order valence-corrected chi connectivity index (χ4v) is 2.58.